The summed E-state index contributed by atoms with van der Waals surface area (Å²) in [6.07, 6.45) is 5.43. The molecule has 0 bridgehead atoms. The Labute approximate surface area is 89.5 Å². The molecule has 2 rings (SSSR count). The van der Waals surface area contributed by atoms with Crippen molar-refractivity contribution in [1.82, 2.24) is 4.98 Å². The number of hydrogen-bond donors (Lipinski definition) is 0. The molecule has 1 aliphatic rings. The monoisotopic (exact) mass is 199 g/mol. The fraction of sp³-hybridized carbons (Fsp3) is 0.167. The number of fused-ring (bicyclic) bond motifs is 1. The fourth-order valence-electron chi connectivity index (χ4n) is 1.58. The van der Waals surface area contributed by atoms with Gasteiger partial charge in [-0.15, -0.1) is 0 Å². The Morgan fingerprint density at radius 2 is 2.33 bits per heavy atom. The van der Waals surface area contributed by atoms with Crippen LogP contribution < -0.4 is 4.90 Å². The van der Waals surface area contributed by atoms with E-state index in [1.807, 2.05) is 37.1 Å². The average Bonchev–Trinajstić information content (AvgIpc) is 2.51. The molecule has 76 valence electrons. The number of aromatic nitrogens is 1. The van der Waals surface area contributed by atoms with E-state index in [0.29, 0.717) is 0 Å². The first-order valence-electron chi connectivity index (χ1n) is 4.83. The number of aliphatic imine (C=N–C) groups is 1. The predicted molar refractivity (Wildman–Crippen MR) is 63.1 cm³/mol. The quantitative estimate of drug-likeness (QED) is 0.694. The molecule has 0 N–H and O–H groups in total. The van der Waals surface area contributed by atoms with E-state index in [2.05, 4.69) is 16.6 Å². The second kappa shape index (κ2) is 3.69. The lowest BCUT2D eigenvalue weighted by atomic mass is 10.2. The third-order valence-corrected chi connectivity index (χ3v) is 2.40. The number of likely N-dealkylation sites (N-methyl/N-ethyl adjacent to an activating group) is 1. The van der Waals surface area contributed by atoms with Gasteiger partial charge in [-0.3, -0.25) is 9.98 Å². The standard InChI is InChI=1S/C12H13N3/c1-4-7-13-11-9(2)15(3)10-6-5-8-14-12(10)11/h4-8H,2H2,1,3H3/b7-4-,13-11?. The maximum atomic E-state index is 4.35. The van der Waals surface area contributed by atoms with Gasteiger partial charge < -0.3 is 4.90 Å². The van der Waals surface area contributed by atoms with Crippen molar-refractivity contribution in [3.05, 3.63) is 48.6 Å². The van der Waals surface area contributed by atoms with E-state index in [1.165, 1.54) is 0 Å². The molecule has 0 aromatic carbocycles. The molecule has 0 fully saturated rings. The predicted octanol–water partition coefficient (Wildman–Crippen LogP) is 2.37. The Morgan fingerprint density at radius 3 is 3.07 bits per heavy atom. The van der Waals surface area contributed by atoms with Crippen molar-refractivity contribution in [2.75, 3.05) is 11.9 Å². The van der Waals surface area contributed by atoms with Gasteiger partial charge in [0.2, 0.25) is 0 Å². The van der Waals surface area contributed by atoms with Gasteiger partial charge in [-0.2, -0.15) is 0 Å². The van der Waals surface area contributed by atoms with Crippen LogP contribution in [0.2, 0.25) is 0 Å². The summed E-state index contributed by atoms with van der Waals surface area (Å²) in [6, 6.07) is 3.94. The van der Waals surface area contributed by atoms with Gasteiger partial charge in [0.15, 0.2) is 0 Å². The van der Waals surface area contributed by atoms with Gasteiger partial charge in [0, 0.05) is 19.4 Å². The zero-order valence-corrected chi connectivity index (χ0v) is 8.94. The number of nitrogens with zero attached hydrogens (tertiary/aromatic N) is 3. The second-order valence-corrected chi connectivity index (χ2v) is 3.34. The van der Waals surface area contributed by atoms with E-state index in [0.717, 1.165) is 22.8 Å². The Hall–Kier alpha value is -1.90. The summed E-state index contributed by atoms with van der Waals surface area (Å²) in [6.45, 7) is 5.94. The van der Waals surface area contributed by atoms with Gasteiger partial charge >= 0.3 is 0 Å². The topological polar surface area (TPSA) is 28.5 Å². The Kier molecular flexibility index (Phi) is 2.37. The van der Waals surface area contributed by atoms with Crippen LogP contribution in [0.15, 0.2) is 47.9 Å². The number of anilines is 1. The molecule has 1 aliphatic heterocycles. The minimum absolute atomic E-state index is 0.853. The van der Waals surface area contributed by atoms with Gasteiger partial charge in [-0.25, -0.2) is 0 Å². The lowest BCUT2D eigenvalue weighted by Crippen LogP contribution is -2.12. The number of rotatable bonds is 1. The van der Waals surface area contributed by atoms with Gasteiger partial charge in [0.05, 0.1) is 11.4 Å². The van der Waals surface area contributed by atoms with Crippen LogP contribution in [0.3, 0.4) is 0 Å². The third-order valence-electron chi connectivity index (χ3n) is 2.40. The molecule has 0 radical (unpaired) electrons. The molecule has 0 atom stereocenters. The van der Waals surface area contributed by atoms with Crippen LogP contribution in [0.1, 0.15) is 12.6 Å². The SMILES string of the molecule is C=C1C(=N/C=C\C)c2ncccc2N1C. The van der Waals surface area contributed by atoms with Gasteiger partial charge in [0.25, 0.3) is 0 Å². The summed E-state index contributed by atoms with van der Waals surface area (Å²) >= 11 is 0. The van der Waals surface area contributed by atoms with Crippen LogP contribution in [-0.4, -0.2) is 17.7 Å². The van der Waals surface area contributed by atoms with Crippen molar-refractivity contribution in [2.24, 2.45) is 4.99 Å². The van der Waals surface area contributed by atoms with Crippen LogP contribution in [-0.2, 0) is 0 Å². The van der Waals surface area contributed by atoms with Crippen molar-refractivity contribution in [3.63, 3.8) is 0 Å². The van der Waals surface area contributed by atoms with E-state index in [1.54, 1.807) is 12.4 Å². The number of pyridine rings is 1. The van der Waals surface area contributed by atoms with Crippen molar-refractivity contribution < 1.29 is 0 Å². The molecule has 0 amide bonds. The van der Waals surface area contributed by atoms with Crippen LogP contribution >= 0.6 is 0 Å². The molecule has 3 heteroatoms. The Bertz CT molecular complexity index is 458. The highest BCUT2D eigenvalue weighted by Gasteiger charge is 2.26. The van der Waals surface area contributed by atoms with E-state index < -0.39 is 0 Å². The summed E-state index contributed by atoms with van der Waals surface area (Å²) in [5, 5.41) is 0. The van der Waals surface area contributed by atoms with Crippen molar-refractivity contribution in [2.45, 2.75) is 6.92 Å². The molecule has 0 saturated carbocycles. The lowest BCUT2D eigenvalue weighted by molar-refractivity contribution is 1.18. The van der Waals surface area contributed by atoms with Crippen molar-refractivity contribution in [3.8, 4) is 0 Å². The molecule has 0 saturated heterocycles. The van der Waals surface area contributed by atoms with E-state index in [4.69, 9.17) is 0 Å². The highest BCUT2D eigenvalue weighted by atomic mass is 15.2. The lowest BCUT2D eigenvalue weighted by Gasteiger charge is -2.11. The molecular formula is C12H13N3. The smallest absolute Gasteiger partial charge is 0.114 e. The van der Waals surface area contributed by atoms with Crippen LogP contribution in [0.25, 0.3) is 0 Å². The zero-order valence-electron chi connectivity index (χ0n) is 8.94. The van der Waals surface area contributed by atoms with E-state index in [-0.39, 0.29) is 0 Å². The average molecular weight is 199 g/mol. The molecule has 0 aliphatic carbocycles. The van der Waals surface area contributed by atoms with Gasteiger partial charge in [-0.1, -0.05) is 12.7 Å². The molecule has 3 nitrogen and oxygen atoms in total. The van der Waals surface area contributed by atoms with Crippen molar-refractivity contribution >= 4 is 11.4 Å². The molecule has 2 heterocycles. The Morgan fingerprint density at radius 1 is 1.53 bits per heavy atom. The molecule has 1 aromatic heterocycles. The van der Waals surface area contributed by atoms with E-state index >= 15 is 0 Å². The highest BCUT2D eigenvalue weighted by Crippen LogP contribution is 2.30. The third kappa shape index (κ3) is 1.46. The first-order chi connectivity index (χ1) is 7.25. The van der Waals surface area contributed by atoms with Crippen LogP contribution in [0, 0.1) is 0 Å². The molecule has 0 unspecified atom stereocenters. The summed E-state index contributed by atoms with van der Waals surface area (Å²) in [5.41, 5.74) is 3.71. The summed E-state index contributed by atoms with van der Waals surface area (Å²) < 4.78 is 0. The normalized spacial score (nSPS) is 17.9. The van der Waals surface area contributed by atoms with Crippen LogP contribution in [0.4, 0.5) is 5.69 Å². The first kappa shape index (κ1) is 9.65. The molecule has 1 aromatic rings. The van der Waals surface area contributed by atoms with Crippen molar-refractivity contribution in [1.29, 1.82) is 0 Å². The number of allylic oxidation sites excluding steroid dienone is 2. The minimum Gasteiger partial charge on any atom is -0.341 e. The van der Waals surface area contributed by atoms with Gasteiger partial charge in [0.1, 0.15) is 11.4 Å². The Balaban J connectivity index is 2.56. The largest absolute Gasteiger partial charge is 0.341 e. The van der Waals surface area contributed by atoms with E-state index in [9.17, 15) is 0 Å². The highest BCUT2D eigenvalue weighted by molar-refractivity contribution is 6.20. The first-order valence-corrected chi connectivity index (χ1v) is 4.83. The van der Waals surface area contributed by atoms with Crippen LogP contribution in [0.5, 0.6) is 0 Å². The maximum absolute atomic E-state index is 4.35. The minimum atomic E-state index is 0.853. The van der Waals surface area contributed by atoms with Gasteiger partial charge in [-0.05, 0) is 19.1 Å². The molecular weight excluding hydrogens is 186 g/mol. The molecule has 0 spiro atoms. The number of hydrogen-bond acceptors (Lipinski definition) is 3. The second-order valence-electron chi connectivity index (χ2n) is 3.34. The maximum Gasteiger partial charge on any atom is 0.114 e. The summed E-state index contributed by atoms with van der Waals surface area (Å²) in [4.78, 5) is 10.7. The molecule has 15 heavy (non-hydrogen) atoms. The summed E-state index contributed by atoms with van der Waals surface area (Å²) in [7, 11) is 1.97. The summed E-state index contributed by atoms with van der Waals surface area (Å²) in [5.74, 6) is 0. The fourth-order valence-corrected chi connectivity index (χ4v) is 1.58. The zero-order chi connectivity index (χ0) is 10.8.